The average molecular weight is 166 g/mol. The summed E-state index contributed by atoms with van der Waals surface area (Å²) in [6.07, 6.45) is 12.6. The number of ether oxygens (including phenoxy) is 2. The average Bonchev–Trinajstić information content (AvgIpc) is 2.04. The minimum absolute atomic E-state index is 0.863. The van der Waals surface area contributed by atoms with Gasteiger partial charge in [0.05, 0.1) is 0 Å². The van der Waals surface area contributed by atoms with Gasteiger partial charge in [0.1, 0.15) is 12.2 Å². The van der Waals surface area contributed by atoms with E-state index >= 15 is 0 Å². The van der Waals surface area contributed by atoms with Crippen LogP contribution in [0.1, 0.15) is 6.92 Å². The fourth-order valence-electron chi connectivity index (χ4n) is 0.389. The third-order valence-corrected chi connectivity index (χ3v) is 1.03. The molecule has 0 aromatic carbocycles. The van der Waals surface area contributed by atoms with Gasteiger partial charge < -0.3 is 9.47 Å². The Morgan fingerprint density at radius 3 is 1.75 bits per heavy atom. The van der Waals surface area contributed by atoms with Crippen LogP contribution < -0.4 is 0 Å². The fraction of sp³-hybridized carbons (Fsp3) is 0.250. The summed E-state index contributed by atoms with van der Waals surface area (Å²) in [5.41, 5.74) is 0. The SMILES string of the molecule is C#COC(=O)C(C)C(=O)OC#C. The largest absolute Gasteiger partial charge is 0.372 e. The van der Waals surface area contributed by atoms with Gasteiger partial charge in [0.25, 0.3) is 0 Å². The van der Waals surface area contributed by atoms with E-state index in [0.29, 0.717) is 0 Å². The molecule has 0 atom stereocenters. The minimum atomic E-state index is -1.10. The minimum Gasteiger partial charge on any atom is -0.372 e. The van der Waals surface area contributed by atoms with Gasteiger partial charge in [-0.05, 0) is 6.92 Å². The fourth-order valence-corrected chi connectivity index (χ4v) is 0.389. The standard InChI is InChI=1S/C8H6O4/c1-4-11-7(9)6(3)8(10)12-5-2/h1-2,6H,3H3. The van der Waals surface area contributed by atoms with E-state index in [4.69, 9.17) is 0 Å². The van der Waals surface area contributed by atoms with Crippen molar-refractivity contribution in [2.75, 3.05) is 0 Å². The highest BCUT2D eigenvalue weighted by Gasteiger charge is 2.24. The van der Waals surface area contributed by atoms with Gasteiger partial charge in [0.2, 0.25) is 0 Å². The molecule has 0 aliphatic carbocycles. The molecule has 0 spiro atoms. The van der Waals surface area contributed by atoms with Gasteiger partial charge in [-0.2, -0.15) is 0 Å². The van der Waals surface area contributed by atoms with Crippen molar-refractivity contribution < 1.29 is 19.1 Å². The highest BCUT2D eigenvalue weighted by atomic mass is 16.5. The maximum Gasteiger partial charge on any atom is 0.333 e. The lowest BCUT2D eigenvalue weighted by molar-refractivity contribution is -0.153. The summed E-state index contributed by atoms with van der Waals surface area (Å²) < 4.78 is 8.18. The van der Waals surface area contributed by atoms with Gasteiger partial charge in [-0.3, -0.25) is 9.59 Å². The van der Waals surface area contributed by atoms with Crippen LogP contribution in [0.2, 0.25) is 0 Å². The summed E-state index contributed by atoms with van der Waals surface area (Å²) in [4.78, 5) is 21.5. The van der Waals surface area contributed by atoms with Crippen LogP contribution in [0.4, 0.5) is 0 Å². The van der Waals surface area contributed by atoms with E-state index in [-0.39, 0.29) is 0 Å². The Morgan fingerprint density at radius 1 is 1.17 bits per heavy atom. The molecule has 0 bridgehead atoms. The van der Waals surface area contributed by atoms with Crippen LogP contribution in [0.25, 0.3) is 0 Å². The summed E-state index contributed by atoms with van der Waals surface area (Å²) in [5.74, 6) is -2.83. The molecule has 0 fully saturated rings. The molecule has 0 N–H and O–H groups in total. The van der Waals surface area contributed by atoms with E-state index < -0.39 is 17.9 Å². The molecule has 0 amide bonds. The van der Waals surface area contributed by atoms with Crippen molar-refractivity contribution in [1.82, 2.24) is 0 Å². The zero-order valence-electron chi connectivity index (χ0n) is 6.37. The van der Waals surface area contributed by atoms with Crippen molar-refractivity contribution in [3.05, 3.63) is 0 Å². The van der Waals surface area contributed by atoms with Gasteiger partial charge in [-0.1, -0.05) is 12.8 Å². The maximum absolute atomic E-state index is 10.7. The second kappa shape index (κ2) is 4.81. The smallest absolute Gasteiger partial charge is 0.333 e. The number of hydrogen-bond donors (Lipinski definition) is 0. The Morgan fingerprint density at radius 2 is 1.50 bits per heavy atom. The quantitative estimate of drug-likeness (QED) is 0.326. The van der Waals surface area contributed by atoms with Gasteiger partial charge in [-0.15, -0.1) is 0 Å². The second-order valence-corrected chi connectivity index (χ2v) is 1.80. The molecule has 62 valence electrons. The lowest BCUT2D eigenvalue weighted by Gasteiger charge is -2.02. The summed E-state index contributed by atoms with van der Waals surface area (Å²) in [7, 11) is 0. The van der Waals surface area contributed by atoms with Crippen molar-refractivity contribution in [3.8, 4) is 25.1 Å². The van der Waals surface area contributed by atoms with E-state index in [9.17, 15) is 9.59 Å². The molecule has 0 aromatic rings. The molecule has 12 heavy (non-hydrogen) atoms. The molecular weight excluding hydrogens is 160 g/mol. The molecule has 0 radical (unpaired) electrons. The lowest BCUT2D eigenvalue weighted by atomic mass is 10.2. The first-order chi connectivity index (χ1) is 5.63. The Labute approximate surface area is 69.8 Å². The first-order valence-electron chi connectivity index (χ1n) is 2.96. The number of carbonyl (C=O) groups excluding carboxylic acids is 2. The van der Waals surface area contributed by atoms with Gasteiger partial charge >= 0.3 is 11.9 Å². The van der Waals surface area contributed by atoms with Crippen LogP contribution in [0.15, 0.2) is 0 Å². The first-order valence-corrected chi connectivity index (χ1v) is 2.96. The number of carbonyl (C=O) groups is 2. The van der Waals surface area contributed by atoms with Gasteiger partial charge in [0.15, 0.2) is 5.92 Å². The Bertz CT molecular complexity index is 238. The van der Waals surface area contributed by atoms with E-state index in [0.717, 1.165) is 0 Å². The molecule has 0 rings (SSSR count). The number of hydrogen-bond acceptors (Lipinski definition) is 4. The van der Waals surface area contributed by atoms with Gasteiger partial charge in [-0.25, -0.2) is 0 Å². The van der Waals surface area contributed by atoms with Crippen LogP contribution in [0.5, 0.6) is 0 Å². The molecule has 0 saturated carbocycles. The molecule has 4 nitrogen and oxygen atoms in total. The predicted octanol–water partition coefficient (Wildman–Crippen LogP) is -0.110. The molecular formula is C8H6O4. The third-order valence-electron chi connectivity index (χ3n) is 1.03. The highest BCUT2D eigenvalue weighted by Crippen LogP contribution is 2.00. The summed E-state index contributed by atoms with van der Waals surface area (Å²) in [6.45, 7) is 1.28. The van der Waals surface area contributed by atoms with Crippen molar-refractivity contribution in [1.29, 1.82) is 0 Å². The number of esters is 2. The number of terminal acetylenes is 2. The predicted molar refractivity (Wildman–Crippen MR) is 39.0 cm³/mol. The van der Waals surface area contributed by atoms with Crippen molar-refractivity contribution >= 4 is 11.9 Å². The normalized spacial score (nSPS) is 8.00. The summed E-state index contributed by atoms with van der Waals surface area (Å²) in [6, 6.07) is 0. The zero-order chi connectivity index (χ0) is 9.56. The maximum atomic E-state index is 10.7. The second-order valence-electron chi connectivity index (χ2n) is 1.80. The van der Waals surface area contributed by atoms with E-state index in [1.807, 2.05) is 0 Å². The van der Waals surface area contributed by atoms with Crippen LogP contribution in [0, 0.1) is 31.0 Å². The first kappa shape index (κ1) is 10.1. The number of rotatable bonds is 2. The van der Waals surface area contributed by atoms with Crippen LogP contribution in [-0.2, 0) is 19.1 Å². The molecule has 0 saturated heterocycles. The Balaban J connectivity index is 4.13. The van der Waals surface area contributed by atoms with Crippen molar-refractivity contribution in [2.45, 2.75) is 6.92 Å². The van der Waals surface area contributed by atoms with Crippen molar-refractivity contribution in [2.24, 2.45) is 5.92 Å². The van der Waals surface area contributed by atoms with Crippen molar-refractivity contribution in [3.63, 3.8) is 0 Å². The van der Waals surface area contributed by atoms with Crippen LogP contribution in [0.3, 0.4) is 0 Å². The highest BCUT2D eigenvalue weighted by molar-refractivity contribution is 5.95. The molecule has 0 aliphatic heterocycles. The van der Waals surface area contributed by atoms with E-state index in [1.54, 1.807) is 12.2 Å². The monoisotopic (exact) mass is 166 g/mol. The Hall–Kier alpha value is -1.94. The van der Waals surface area contributed by atoms with E-state index in [1.165, 1.54) is 6.92 Å². The Kier molecular flexibility index (Phi) is 4.03. The molecule has 0 aliphatic rings. The summed E-state index contributed by atoms with van der Waals surface area (Å²) in [5, 5.41) is 0. The van der Waals surface area contributed by atoms with Crippen LogP contribution >= 0.6 is 0 Å². The van der Waals surface area contributed by atoms with Gasteiger partial charge in [0, 0.05) is 0 Å². The topological polar surface area (TPSA) is 52.6 Å². The zero-order valence-corrected chi connectivity index (χ0v) is 6.37. The third kappa shape index (κ3) is 2.76. The summed E-state index contributed by atoms with van der Waals surface area (Å²) >= 11 is 0. The molecule has 4 heteroatoms. The molecule has 0 aromatic heterocycles. The molecule has 0 unspecified atom stereocenters. The van der Waals surface area contributed by atoms with Crippen LogP contribution in [-0.4, -0.2) is 11.9 Å². The van der Waals surface area contributed by atoms with E-state index in [2.05, 4.69) is 22.3 Å². The molecule has 0 heterocycles. The lowest BCUT2D eigenvalue weighted by Crippen LogP contribution is -2.22.